The summed E-state index contributed by atoms with van der Waals surface area (Å²) in [5, 5.41) is 0. The monoisotopic (exact) mass is 554 g/mol. The van der Waals surface area contributed by atoms with E-state index in [0.29, 0.717) is 24.4 Å². The molecule has 2 atom stereocenters. The Morgan fingerprint density at radius 2 is 1.03 bits per heavy atom. The Kier molecular flexibility index (Phi) is 9.74. The first-order valence-electron chi connectivity index (χ1n) is 10.2. The van der Waals surface area contributed by atoms with Gasteiger partial charge in [-0.1, -0.05) is 60.7 Å². The Bertz CT molecular complexity index is 894. The predicted molar refractivity (Wildman–Crippen MR) is 125 cm³/mol. The average molecular weight is 556 g/mol. The maximum absolute atomic E-state index is 6.02. The van der Waals surface area contributed by atoms with Crippen molar-refractivity contribution in [3.05, 3.63) is 71.8 Å². The molecule has 2 aliphatic rings. The van der Waals surface area contributed by atoms with Crippen LogP contribution in [-0.2, 0) is 41.1 Å². The molecule has 0 fully saturated rings. The second-order valence-electron chi connectivity index (χ2n) is 7.12. The number of nitrogens with zero attached hydrogens (tertiary/aromatic N) is 2. The SMILES string of the molecule is COC1(OC)OC(CC2=N[C@H](c3ccccc3)C(OC)(OC)O2)=N[C@@H]1c1ccccc1.[Cl][Ni][Cl]. The van der Waals surface area contributed by atoms with Crippen LogP contribution in [0.1, 0.15) is 29.6 Å². The van der Waals surface area contributed by atoms with Crippen molar-refractivity contribution in [1.29, 1.82) is 0 Å². The zero-order valence-electron chi connectivity index (χ0n) is 19.1. The van der Waals surface area contributed by atoms with Gasteiger partial charge in [-0.25, -0.2) is 9.98 Å². The van der Waals surface area contributed by atoms with E-state index in [2.05, 4.69) is 0 Å². The van der Waals surface area contributed by atoms with Crippen molar-refractivity contribution in [2.75, 3.05) is 28.4 Å². The van der Waals surface area contributed by atoms with E-state index in [4.69, 9.17) is 58.8 Å². The molecule has 0 spiro atoms. The summed E-state index contributed by atoms with van der Waals surface area (Å²) in [5.74, 6) is -1.97. The van der Waals surface area contributed by atoms with Gasteiger partial charge < -0.3 is 28.4 Å². The molecule has 2 aromatic carbocycles. The number of aliphatic imine (C=N–C) groups is 2. The molecule has 2 aliphatic heterocycles. The Morgan fingerprint density at radius 1 is 0.706 bits per heavy atom. The summed E-state index contributed by atoms with van der Waals surface area (Å²) >= 11 is 0.569. The first-order chi connectivity index (χ1) is 16.5. The number of halogens is 2. The Balaban J connectivity index is 0.00000103. The van der Waals surface area contributed by atoms with Crippen LogP contribution in [0.3, 0.4) is 0 Å². The molecule has 4 rings (SSSR count). The minimum atomic E-state index is -1.37. The third-order valence-corrected chi connectivity index (χ3v) is 5.41. The molecule has 11 heteroatoms. The summed E-state index contributed by atoms with van der Waals surface area (Å²) in [4.78, 5) is 9.43. The van der Waals surface area contributed by atoms with E-state index in [-0.39, 0.29) is 6.42 Å². The van der Waals surface area contributed by atoms with E-state index in [1.807, 2.05) is 60.7 Å². The first-order valence-corrected chi connectivity index (χ1v) is 12.9. The van der Waals surface area contributed by atoms with Crippen LogP contribution in [0.25, 0.3) is 0 Å². The average Bonchev–Trinajstić information content (AvgIpc) is 3.44. The number of hydrogen-bond acceptors (Lipinski definition) is 8. The Morgan fingerprint density at radius 3 is 1.32 bits per heavy atom. The van der Waals surface area contributed by atoms with Crippen molar-refractivity contribution >= 4 is 32.2 Å². The van der Waals surface area contributed by atoms with Gasteiger partial charge in [0.1, 0.15) is 0 Å². The number of benzene rings is 2. The second-order valence-corrected chi connectivity index (χ2v) is 8.75. The normalized spacial score (nSPS) is 22.2. The molecule has 0 bridgehead atoms. The third kappa shape index (κ3) is 5.57. The molecule has 34 heavy (non-hydrogen) atoms. The molecular weight excluding hydrogens is 530 g/mol. The van der Waals surface area contributed by atoms with Gasteiger partial charge in [0.25, 0.3) is 0 Å². The van der Waals surface area contributed by atoms with Crippen LogP contribution in [0, 0.1) is 0 Å². The van der Waals surface area contributed by atoms with Crippen LogP contribution in [0.2, 0.25) is 0 Å². The molecule has 0 aromatic heterocycles. The zero-order valence-corrected chi connectivity index (χ0v) is 21.6. The fraction of sp³-hybridized carbons (Fsp3) is 0.391. The Hall–Kier alpha value is -1.71. The summed E-state index contributed by atoms with van der Waals surface area (Å²) in [6, 6.07) is 18.4. The fourth-order valence-corrected chi connectivity index (χ4v) is 3.84. The van der Waals surface area contributed by atoms with Crippen molar-refractivity contribution in [1.82, 2.24) is 0 Å². The van der Waals surface area contributed by atoms with Crippen LogP contribution >= 0.6 is 20.4 Å². The van der Waals surface area contributed by atoms with Crippen molar-refractivity contribution in [2.24, 2.45) is 9.98 Å². The molecule has 2 aromatic rings. The maximum atomic E-state index is 6.02. The quantitative estimate of drug-likeness (QED) is 0.337. The molecule has 0 radical (unpaired) electrons. The topological polar surface area (TPSA) is 80.1 Å². The number of hydrogen-bond donors (Lipinski definition) is 0. The van der Waals surface area contributed by atoms with Gasteiger partial charge in [0.2, 0.25) is 0 Å². The predicted octanol–water partition coefficient (Wildman–Crippen LogP) is 4.99. The zero-order chi connectivity index (χ0) is 24.6. The second kappa shape index (κ2) is 12.3. The fourth-order valence-electron chi connectivity index (χ4n) is 3.84. The van der Waals surface area contributed by atoms with E-state index >= 15 is 0 Å². The summed E-state index contributed by atoms with van der Waals surface area (Å²) in [7, 11) is 15.5. The summed E-state index contributed by atoms with van der Waals surface area (Å²) in [6.07, 6.45) is 0.190. The van der Waals surface area contributed by atoms with E-state index in [0.717, 1.165) is 11.1 Å². The van der Waals surface area contributed by atoms with Gasteiger partial charge in [-0.3, -0.25) is 0 Å². The van der Waals surface area contributed by atoms with Crippen molar-refractivity contribution in [3.63, 3.8) is 0 Å². The van der Waals surface area contributed by atoms with Gasteiger partial charge in [0, 0.05) is 28.4 Å². The molecule has 0 aliphatic carbocycles. The minimum absolute atomic E-state index is 0.190. The van der Waals surface area contributed by atoms with Gasteiger partial charge >= 0.3 is 45.0 Å². The van der Waals surface area contributed by atoms with Gasteiger partial charge in [-0.2, -0.15) is 0 Å². The Labute approximate surface area is 213 Å². The molecular formula is C23H26Cl2N2NiO6. The van der Waals surface area contributed by atoms with Gasteiger partial charge in [-0.05, 0) is 11.1 Å². The molecule has 0 saturated carbocycles. The molecule has 0 saturated heterocycles. The van der Waals surface area contributed by atoms with Crippen molar-refractivity contribution in [2.45, 2.75) is 30.5 Å². The number of methoxy groups -OCH3 is 4. The third-order valence-electron chi connectivity index (χ3n) is 5.41. The standard InChI is InChI=1S/C23H26N2O6.2ClH.Ni/c1-26-22(27-2)20(16-11-7-5-8-12-16)24-18(30-22)15-19-25-21(17-13-9-6-10-14-17)23(28-3,29-4)31-19;;;/h5-14,20-21H,15H2,1-4H3;2*1H;/q;;;+2/p-2/t20-,21-;;;/m1.../s1. The van der Waals surface area contributed by atoms with Crippen LogP contribution in [0.15, 0.2) is 70.6 Å². The summed E-state index contributed by atoms with van der Waals surface area (Å²) in [6.45, 7) is 0. The van der Waals surface area contributed by atoms with Gasteiger partial charge in [0.15, 0.2) is 23.9 Å². The molecule has 0 N–H and O–H groups in total. The van der Waals surface area contributed by atoms with Crippen LogP contribution in [0.5, 0.6) is 0 Å². The molecule has 2 heterocycles. The van der Waals surface area contributed by atoms with E-state index in [1.165, 1.54) is 28.4 Å². The number of ether oxygens (including phenoxy) is 6. The van der Waals surface area contributed by atoms with E-state index in [9.17, 15) is 0 Å². The van der Waals surface area contributed by atoms with Crippen LogP contribution in [-0.4, -0.2) is 52.2 Å². The molecule has 188 valence electrons. The number of rotatable bonds is 8. The first kappa shape index (κ1) is 26.9. The van der Waals surface area contributed by atoms with Gasteiger partial charge in [0.05, 0.1) is 6.42 Å². The molecule has 0 amide bonds. The molecule has 0 unspecified atom stereocenters. The van der Waals surface area contributed by atoms with Gasteiger partial charge in [-0.15, -0.1) is 0 Å². The van der Waals surface area contributed by atoms with Crippen molar-refractivity contribution in [3.8, 4) is 0 Å². The molecule has 8 nitrogen and oxygen atoms in total. The van der Waals surface area contributed by atoms with E-state index < -0.39 is 24.0 Å². The van der Waals surface area contributed by atoms with Crippen LogP contribution < -0.4 is 0 Å². The van der Waals surface area contributed by atoms with E-state index in [1.54, 1.807) is 0 Å². The van der Waals surface area contributed by atoms with Crippen molar-refractivity contribution < 1.29 is 41.1 Å². The summed E-state index contributed by atoms with van der Waals surface area (Å²) < 4.78 is 34.4. The summed E-state index contributed by atoms with van der Waals surface area (Å²) in [5.41, 5.74) is 1.81. The van der Waals surface area contributed by atoms with Crippen LogP contribution in [0.4, 0.5) is 0 Å².